The lowest BCUT2D eigenvalue weighted by Crippen LogP contribution is -2.55. The van der Waals surface area contributed by atoms with E-state index >= 15 is 0 Å². The van der Waals surface area contributed by atoms with Gasteiger partial charge in [-0.2, -0.15) is 0 Å². The van der Waals surface area contributed by atoms with E-state index in [9.17, 15) is 5.11 Å². The maximum absolute atomic E-state index is 10.2. The van der Waals surface area contributed by atoms with Crippen molar-refractivity contribution in [2.24, 2.45) is 11.8 Å². The van der Waals surface area contributed by atoms with Gasteiger partial charge in [0, 0.05) is 25.7 Å². The summed E-state index contributed by atoms with van der Waals surface area (Å²) in [5.41, 5.74) is 0.799. The van der Waals surface area contributed by atoms with E-state index in [1.165, 1.54) is 5.56 Å². The Morgan fingerprint density at radius 1 is 1.19 bits per heavy atom. The van der Waals surface area contributed by atoms with Gasteiger partial charge in [0.2, 0.25) is 0 Å². The standard InChI is InChI=1S/C18H30N2O/c1-14(2)19-18(13-21,17-8-6-5-7-9-17)12-20-10-15(3)16(4)11-20/h5-9,14-16,19,21H,10-13H2,1-4H3. The fourth-order valence-electron chi connectivity index (χ4n) is 3.48. The minimum Gasteiger partial charge on any atom is -0.394 e. The average Bonchev–Trinajstić information content (AvgIpc) is 2.76. The van der Waals surface area contributed by atoms with Gasteiger partial charge in [-0.15, -0.1) is 0 Å². The Morgan fingerprint density at radius 2 is 1.76 bits per heavy atom. The van der Waals surface area contributed by atoms with Gasteiger partial charge < -0.3 is 15.3 Å². The molecular weight excluding hydrogens is 260 g/mol. The predicted molar refractivity (Wildman–Crippen MR) is 88.2 cm³/mol. The molecule has 2 rings (SSSR count). The number of rotatable bonds is 6. The number of benzene rings is 1. The summed E-state index contributed by atoms with van der Waals surface area (Å²) in [5, 5.41) is 13.8. The van der Waals surface area contributed by atoms with Crippen molar-refractivity contribution < 1.29 is 5.11 Å². The molecule has 0 spiro atoms. The van der Waals surface area contributed by atoms with Gasteiger partial charge in [-0.05, 0) is 31.2 Å². The van der Waals surface area contributed by atoms with Crippen LogP contribution in [-0.2, 0) is 5.54 Å². The van der Waals surface area contributed by atoms with Crippen LogP contribution >= 0.6 is 0 Å². The first kappa shape index (κ1) is 16.5. The zero-order valence-electron chi connectivity index (χ0n) is 13.8. The number of nitrogens with one attached hydrogen (secondary N) is 1. The topological polar surface area (TPSA) is 35.5 Å². The molecule has 1 aliphatic heterocycles. The van der Waals surface area contributed by atoms with Gasteiger partial charge in [0.15, 0.2) is 0 Å². The van der Waals surface area contributed by atoms with E-state index in [1.54, 1.807) is 0 Å². The van der Waals surface area contributed by atoms with Crippen molar-refractivity contribution in [3.63, 3.8) is 0 Å². The number of likely N-dealkylation sites (tertiary alicyclic amines) is 1. The van der Waals surface area contributed by atoms with Gasteiger partial charge in [0.05, 0.1) is 12.1 Å². The smallest absolute Gasteiger partial charge is 0.0799 e. The zero-order valence-corrected chi connectivity index (χ0v) is 13.8. The number of hydrogen-bond acceptors (Lipinski definition) is 3. The molecular formula is C18H30N2O. The van der Waals surface area contributed by atoms with Crippen LogP contribution in [0.4, 0.5) is 0 Å². The minimum atomic E-state index is -0.376. The summed E-state index contributed by atoms with van der Waals surface area (Å²) in [6.07, 6.45) is 0. The Morgan fingerprint density at radius 3 is 2.24 bits per heavy atom. The normalized spacial score (nSPS) is 26.2. The van der Waals surface area contributed by atoms with Crippen LogP contribution in [0.3, 0.4) is 0 Å². The third-order valence-electron chi connectivity index (χ3n) is 4.72. The number of aliphatic hydroxyl groups excluding tert-OH is 1. The molecule has 3 atom stereocenters. The van der Waals surface area contributed by atoms with Crippen molar-refractivity contribution in [2.45, 2.75) is 39.3 Å². The maximum Gasteiger partial charge on any atom is 0.0799 e. The average molecular weight is 290 g/mol. The van der Waals surface area contributed by atoms with E-state index < -0.39 is 0 Å². The van der Waals surface area contributed by atoms with Crippen LogP contribution in [0, 0.1) is 11.8 Å². The molecule has 0 aromatic heterocycles. The van der Waals surface area contributed by atoms with Crippen molar-refractivity contribution in [3.05, 3.63) is 35.9 Å². The molecule has 3 heteroatoms. The fourth-order valence-corrected chi connectivity index (χ4v) is 3.48. The van der Waals surface area contributed by atoms with Crippen LogP contribution in [0.5, 0.6) is 0 Å². The van der Waals surface area contributed by atoms with Gasteiger partial charge in [-0.3, -0.25) is 0 Å². The molecule has 0 amide bonds. The molecule has 1 fully saturated rings. The highest BCUT2D eigenvalue weighted by Gasteiger charge is 2.37. The van der Waals surface area contributed by atoms with Gasteiger partial charge in [0.1, 0.15) is 0 Å². The highest BCUT2D eigenvalue weighted by molar-refractivity contribution is 5.26. The summed E-state index contributed by atoms with van der Waals surface area (Å²) in [7, 11) is 0. The molecule has 3 unspecified atom stereocenters. The minimum absolute atomic E-state index is 0.119. The van der Waals surface area contributed by atoms with Crippen LogP contribution in [0.25, 0.3) is 0 Å². The van der Waals surface area contributed by atoms with Gasteiger partial charge in [0.25, 0.3) is 0 Å². The first-order valence-corrected chi connectivity index (χ1v) is 8.13. The van der Waals surface area contributed by atoms with Gasteiger partial charge >= 0.3 is 0 Å². The highest BCUT2D eigenvalue weighted by Crippen LogP contribution is 2.28. The molecule has 0 saturated carbocycles. The van der Waals surface area contributed by atoms with Crippen LogP contribution in [0.15, 0.2) is 30.3 Å². The second-order valence-electron chi connectivity index (χ2n) is 7.05. The fraction of sp³-hybridized carbons (Fsp3) is 0.667. The molecule has 21 heavy (non-hydrogen) atoms. The lowest BCUT2D eigenvalue weighted by molar-refractivity contribution is 0.107. The monoisotopic (exact) mass is 290 g/mol. The SMILES string of the molecule is CC(C)NC(CO)(CN1CC(C)C(C)C1)c1ccccc1. The first-order valence-electron chi connectivity index (χ1n) is 8.13. The summed E-state index contributed by atoms with van der Waals surface area (Å²) < 4.78 is 0. The number of aliphatic hydroxyl groups is 1. The summed E-state index contributed by atoms with van der Waals surface area (Å²) >= 11 is 0. The first-order chi connectivity index (χ1) is 9.97. The zero-order chi connectivity index (χ0) is 15.5. The van der Waals surface area contributed by atoms with Crippen molar-refractivity contribution in [1.82, 2.24) is 10.2 Å². The van der Waals surface area contributed by atoms with Gasteiger partial charge in [-0.1, -0.05) is 44.2 Å². The molecule has 1 saturated heterocycles. The van der Waals surface area contributed by atoms with Crippen molar-refractivity contribution in [2.75, 3.05) is 26.2 Å². The Labute approximate surface area is 129 Å². The Hall–Kier alpha value is -0.900. The van der Waals surface area contributed by atoms with E-state index in [1.807, 2.05) is 6.07 Å². The lowest BCUT2D eigenvalue weighted by atomic mass is 9.89. The molecule has 0 radical (unpaired) electrons. The third-order valence-corrected chi connectivity index (χ3v) is 4.72. The van der Waals surface area contributed by atoms with Gasteiger partial charge in [-0.25, -0.2) is 0 Å². The Kier molecular flexibility index (Phi) is 5.42. The summed E-state index contributed by atoms with van der Waals surface area (Å²) in [4.78, 5) is 2.49. The molecule has 1 aromatic carbocycles. The Balaban J connectivity index is 2.23. The van der Waals surface area contributed by atoms with Crippen molar-refractivity contribution >= 4 is 0 Å². The Bertz CT molecular complexity index is 424. The molecule has 0 bridgehead atoms. The number of hydrogen-bond donors (Lipinski definition) is 2. The molecule has 1 aromatic rings. The van der Waals surface area contributed by atoms with E-state index in [-0.39, 0.29) is 12.1 Å². The molecule has 3 nitrogen and oxygen atoms in total. The summed E-state index contributed by atoms with van der Waals surface area (Å²) in [6, 6.07) is 10.7. The predicted octanol–water partition coefficient (Wildman–Crippen LogP) is 2.46. The quantitative estimate of drug-likeness (QED) is 0.845. The molecule has 1 heterocycles. The van der Waals surface area contributed by atoms with Crippen LogP contribution in [0.1, 0.15) is 33.3 Å². The maximum atomic E-state index is 10.2. The van der Waals surface area contributed by atoms with E-state index in [0.29, 0.717) is 6.04 Å². The number of nitrogens with zero attached hydrogens (tertiary/aromatic N) is 1. The second-order valence-corrected chi connectivity index (χ2v) is 7.05. The van der Waals surface area contributed by atoms with Crippen LogP contribution in [-0.4, -0.2) is 42.3 Å². The summed E-state index contributed by atoms with van der Waals surface area (Å²) in [5.74, 6) is 1.47. The van der Waals surface area contributed by atoms with Crippen LogP contribution < -0.4 is 5.32 Å². The molecule has 118 valence electrons. The largest absolute Gasteiger partial charge is 0.394 e. The third kappa shape index (κ3) is 3.85. The van der Waals surface area contributed by atoms with E-state index in [2.05, 4.69) is 62.2 Å². The molecule has 0 aliphatic carbocycles. The van der Waals surface area contributed by atoms with Crippen molar-refractivity contribution in [1.29, 1.82) is 0 Å². The molecule has 2 N–H and O–H groups in total. The van der Waals surface area contributed by atoms with Crippen LogP contribution in [0.2, 0.25) is 0 Å². The lowest BCUT2D eigenvalue weighted by Gasteiger charge is -2.39. The van der Waals surface area contributed by atoms with E-state index in [4.69, 9.17) is 0 Å². The second kappa shape index (κ2) is 6.91. The van der Waals surface area contributed by atoms with E-state index in [0.717, 1.165) is 31.5 Å². The summed E-state index contributed by atoms with van der Waals surface area (Å²) in [6.45, 7) is 12.2. The molecule has 1 aliphatic rings. The van der Waals surface area contributed by atoms with Crippen molar-refractivity contribution in [3.8, 4) is 0 Å². The highest BCUT2D eigenvalue weighted by atomic mass is 16.3.